The molecule has 0 spiro atoms. The van der Waals surface area contributed by atoms with E-state index < -0.39 is 11.8 Å². The molecule has 0 aliphatic heterocycles. The average Bonchev–Trinajstić information content (AvgIpc) is 2.28. The first-order valence-electron chi connectivity index (χ1n) is 4.72. The Morgan fingerprint density at radius 1 is 1.35 bits per heavy atom. The summed E-state index contributed by atoms with van der Waals surface area (Å²) in [4.78, 5) is 14.9. The van der Waals surface area contributed by atoms with E-state index in [4.69, 9.17) is 16.7 Å². The number of hydrogen-bond acceptors (Lipinski definition) is 2. The van der Waals surface area contributed by atoms with E-state index in [2.05, 4.69) is 4.98 Å². The number of pyridine rings is 1. The Balaban J connectivity index is 2.67. The lowest BCUT2D eigenvalue weighted by Gasteiger charge is -2.07. The molecule has 0 aliphatic rings. The van der Waals surface area contributed by atoms with Crippen molar-refractivity contribution < 1.29 is 14.3 Å². The fraction of sp³-hybridized carbons (Fsp3) is 0. The van der Waals surface area contributed by atoms with Gasteiger partial charge < -0.3 is 5.11 Å². The van der Waals surface area contributed by atoms with Crippen LogP contribution in [0.1, 0.15) is 10.4 Å². The van der Waals surface area contributed by atoms with Crippen LogP contribution in [0.2, 0.25) is 5.02 Å². The molecule has 0 saturated carbocycles. The van der Waals surface area contributed by atoms with E-state index in [1.807, 2.05) is 0 Å². The Bertz CT molecular complexity index is 586. The van der Waals surface area contributed by atoms with Crippen LogP contribution in [0.15, 0.2) is 36.7 Å². The number of nitrogens with zero attached hydrogens (tertiary/aromatic N) is 1. The van der Waals surface area contributed by atoms with Crippen molar-refractivity contribution in [2.75, 3.05) is 0 Å². The van der Waals surface area contributed by atoms with E-state index in [9.17, 15) is 9.18 Å². The summed E-state index contributed by atoms with van der Waals surface area (Å²) in [7, 11) is 0. The van der Waals surface area contributed by atoms with Crippen LogP contribution in [0.4, 0.5) is 4.39 Å². The summed E-state index contributed by atoms with van der Waals surface area (Å²) >= 11 is 5.78. The molecule has 0 unspecified atom stereocenters. The Morgan fingerprint density at radius 2 is 2.12 bits per heavy atom. The summed E-state index contributed by atoms with van der Waals surface area (Å²) in [5.74, 6) is -1.62. The molecule has 0 atom stereocenters. The van der Waals surface area contributed by atoms with E-state index >= 15 is 0 Å². The number of carbonyl (C=O) groups is 1. The van der Waals surface area contributed by atoms with Crippen molar-refractivity contribution in [2.24, 2.45) is 0 Å². The lowest BCUT2D eigenvalue weighted by Crippen LogP contribution is -2.01. The molecule has 86 valence electrons. The van der Waals surface area contributed by atoms with E-state index in [-0.39, 0.29) is 10.6 Å². The van der Waals surface area contributed by atoms with Crippen LogP contribution < -0.4 is 0 Å². The quantitative estimate of drug-likeness (QED) is 0.891. The zero-order valence-electron chi connectivity index (χ0n) is 8.52. The Kier molecular flexibility index (Phi) is 3.06. The maximum absolute atomic E-state index is 13.1. The van der Waals surface area contributed by atoms with Crippen molar-refractivity contribution in [1.82, 2.24) is 4.98 Å². The Morgan fingerprint density at radius 3 is 2.76 bits per heavy atom. The lowest BCUT2D eigenvalue weighted by atomic mass is 10.0. The van der Waals surface area contributed by atoms with E-state index in [0.29, 0.717) is 11.1 Å². The Labute approximate surface area is 101 Å². The van der Waals surface area contributed by atoms with Crippen molar-refractivity contribution in [3.8, 4) is 11.1 Å². The zero-order valence-corrected chi connectivity index (χ0v) is 9.28. The third-order valence-electron chi connectivity index (χ3n) is 2.25. The summed E-state index contributed by atoms with van der Waals surface area (Å²) < 4.78 is 13.1. The van der Waals surface area contributed by atoms with Crippen LogP contribution in [0.3, 0.4) is 0 Å². The van der Waals surface area contributed by atoms with Gasteiger partial charge in [0.15, 0.2) is 0 Å². The van der Waals surface area contributed by atoms with Crippen molar-refractivity contribution in [1.29, 1.82) is 0 Å². The Hall–Kier alpha value is -1.94. The lowest BCUT2D eigenvalue weighted by molar-refractivity contribution is 0.0698. The zero-order chi connectivity index (χ0) is 12.4. The van der Waals surface area contributed by atoms with Crippen molar-refractivity contribution >= 4 is 17.6 Å². The molecule has 1 aromatic heterocycles. The average molecular weight is 252 g/mol. The van der Waals surface area contributed by atoms with Crippen molar-refractivity contribution in [2.45, 2.75) is 0 Å². The third kappa shape index (κ3) is 2.26. The molecule has 1 aromatic carbocycles. The summed E-state index contributed by atoms with van der Waals surface area (Å²) in [6.45, 7) is 0. The highest BCUT2D eigenvalue weighted by molar-refractivity contribution is 6.34. The number of carboxylic acid groups (broad SMARTS) is 1. The highest BCUT2D eigenvalue weighted by atomic mass is 35.5. The van der Waals surface area contributed by atoms with Crippen LogP contribution in [-0.2, 0) is 0 Å². The van der Waals surface area contributed by atoms with Gasteiger partial charge in [-0.25, -0.2) is 9.18 Å². The molecule has 1 N–H and O–H groups in total. The predicted octanol–water partition coefficient (Wildman–Crippen LogP) is 3.24. The SMILES string of the molecule is O=C(O)c1c(Cl)cncc1-c1cccc(F)c1. The van der Waals surface area contributed by atoms with Gasteiger partial charge >= 0.3 is 5.97 Å². The molecule has 0 saturated heterocycles. The van der Waals surface area contributed by atoms with Crippen molar-refractivity contribution in [3.63, 3.8) is 0 Å². The third-order valence-corrected chi connectivity index (χ3v) is 2.54. The van der Waals surface area contributed by atoms with Crippen LogP contribution in [0.5, 0.6) is 0 Å². The minimum Gasteiger partial charge on any atom is -0.478 e. The molecular weight excluding hydrogens is 245 g/mol. The molecule has 2 aromatic rings. The van der Waals surface area contributed by atoms with E-state index in [1.165, 1.54) is 30.6 Å². The number of hydrogen-bond donors (Lipinski definition) is 1. The molecule has 0 fully saturated rings. The van der Waals surface area contributed by atoms with E-state index in [0.717, 1.165) is 0 Å². The summed E-state index contributed by atoms with van der Waals surface area (Å²) in [5.41, 5.74) is 0.647. The molecule has 0 radical (unpaired) electrons. The van der Waals surface area contributed by atoms with E-state index in [1.54, 1.807) is 6.07 Å². The van der Waals surface area contributed by atoms with Gasteiger partial charge in [0.2, 0.25) is 0 Å². The second-order valence-electron chi connectivity index (χ2n) is 3.36. The van der Waals surface area contributed by atoms with Gasteiger partial charge in [0.25, 0.3) is 0 Å². The molecule has 5 heteroatoms. The van der Waals surface area contributed by atoms with Gasteiger partial charge in [0, 0.05) is 18.0 Å². The smallest absolute Gasteiger partial charge is 0.337 e. The number of carboxylic acids is 1. The van der Waals surface area contributed by atoms with Gasteiger partial charge in [-0.2, -0.15) is 0 Å². The van der Waals surface area contributed by atoms with Gasteiger partial charge in [-0.05, 0) is 17.7 Å². The monoisotopic (exact) mass is 251 g/mol. The van der Waals surface area contributed by atoms with Crippen LogP contribution in [0.25, 0.3) is 11.1 Å². The maximum Gasteiger partial charge on any atom is 0.337 e. The maximum atomic E-state index is 13.1. The predicted molar refractivity (Wildman–Crippen MR) is 61.6 cm³/mol. The number of aromatic carboxylic acids is 1. The molecular formula is C12H7ClFNO2. The molecule has 3 nitrogen and oxygen atoms in total. The standard InChI is InChI=1S/C12H7ClFNO2/c13-10-6-15-5-9(11(10)12(16)17)7-2-1-3-8(14)4-7/h1-6H,(H,16,17). The first-order valence-corrected chi connectivity index (χ1v) is 5.10. The molecule has 2 rings (SSSR count). The van der Waals surface area contributed by atoms with Crippen molar-refractivity contribution in [3.05, 3.63) is 53.1 Å². The molecule has 1 heterocycles. The van der Waals surface area contributed by atoms with Gasteiger partial charge in [-0.15, -0.1) is 0 Å². The highest BCUT2D eigenvalue weighted by Gasteiger charge is 2.16. The summed E-state index contributed by atoms with van der Waals surface area (Å²) in [6.07, 6.45) is 2.60. The summed E-state index contributed by atoms with van der Waals surface area (Å²) in [6, 6.07) is 5.61. The van der Waals surface area contributed by atoms with Gasteiger partial charge in [-0.3, -0.25) is 4.98 Å². The largest absolute Gasteiger partial charge is 0.478 e. The first-order chi connectivity index (χ1) is 8.09. The molecule has 0 aliphatic carbocycles. The molecule has 0 amide bonds. The van der Waals surface area contributed by atoms with Gasteiger partial charge in [0.1, 0.15) is 5.82 Å². The van der Waals surface area contributed by atoms with Gasteiger partial charge in [0.05, 0.1) is 10.6 Å². The number of rotatable bonds is 2. The second-order valence-corrected chi connectivity index (χ2v) is 3.77. The fourth-order valence-corrected chi connectivity index (χ4v) is 1.77. The van der Waals surface area contributed by atoms with Gasteiger partial charge in [-0.1, -0.05) is 23.7 Å². The minimum atomic E-state index is -1.17. The topological polar surface area (TPSA) is 50.2 Å². The summed E-state index contributed by atoms with van der Waals surface area (Å²) in [5, 5.41) is 9.10. The number of benzene rings is 1. The second kappa shape index (κ2) is 4.51. The van der Waals surface area contributed by atoms with Crippen LogP contribution in [0, 0.1) is 5.82 Å². The fourth-order valence-electron chi connectivity index (χ4n) is 1.53. The number of halogens is 2. The highest BCUT2D eigenvalue weighted by Crippen LogP contribution is 2.28. The first kappa shape index (κ1) is 11.5. The molecule has 17 heavy (non-hydrogen) atoms. The van der Waals surface area contributed by atoms with Crippen LogP contribution in [-0.4, -0.2) is 16.1 Å². The normalized spacial score (nSPS) is 10.2. The molecule has 0 bridgehead atoms. The minimum absolute atomic E-state index is 0.0271. The van der Waals surface area contributed by atoms with Crippen LogP contribution >= 0.6 is 11.6 Å². The number of aromatic nitrogens is 1.